The van der Waals surface area contributed by atoms with Crippen LogP contribution in [0, 0.1) is 5.82 Å². The third-order valence-electron chi connectivity index (χ3n) is 2.68. The van der Waals surface area contributed by atoms with Gasteiger partial charge in [0.25, 0.3) is 0 Å². The molecule has 2 rings (SSSR count). The number of para-hydroxylation sites is 2. The van der Waals surface area contributed by atoms with Crippen molar-refractivity contribution in [1.29, 1.82) is 0 Å². The lowest BCUT2D eigenvalue weighted by Gasteiger charge is -2.10. The predicted octanol–water partition coefficient (Wildman–Crippen LogP) is 3.92. The number of rotatable bonds is 4. The predicted molar refractivity (Wildman–Crippen MR) is 94.0 cm³/mol. The van der Waals surface area contributed by atoms with Crippen molar-refractivity contribution in [1.82, 2.24) is 5.43 Å². The third kappa shape index (κ3) is 4.51. The summed E-state index contributed by atoms with van der Waals surface area (Å²) in [4.78, 5) is 0. The number of ether oxygens (including phenoxy) is 1. The van der Waals surface area contributed by atoms with E-state index in [9.17, 15) is 4.39 Å². The van der Waals surface area contributed by atoms with E-state index in [1.54, 1.807) is 19.2 Å². The molecule has 0 fully saturated rings. The van der Waals surface area contributed by atoms with Gasteiger partial charge >= 0.3 is 0 Å². The summed E-state index contributed by atoms with van der Waals surface area (Å²) in [6, 6.07) is 11.9. The molecule has 0 aliphatic carbocycles. The monoisotopic (exact) mass is 381 g/mol. The van der Waals surface area contributed by atoms with Crippen LogP contribution in [0.4, 0.5) is 10.1 Å². The maximum absolute atomic E-state index is 13.5. The van der Waals surface area contributed by atoms with Gasteiger partial charge in [-0.15, -0.1) is 0 Å². The van der Waals surface area contributed by atoms with E-state index in [2.05, 4.69) is 31.8 Å². The standard InChI is InChI=1S/C15H13BrFN3OS/c1-21-14-5-3-2-4-13(14)19-15(22)20-18-9-10-8-11(16)6-7-12(10)17/h2-9H,1H3,(H2,19,20,22)/b18-9-. The fourth-order valence-corrected chi connectivity index (χ4v) is 2.21. The second-order valence-corrected chi connectivity index (χ2v) is 5.51. The molecule has 7 heteroatoms. The summed E-state index contributed by atoms with van der Waals surface area (Å²) in [7, 11) is 1.57. The average Bonchev–Trinajstić information content (AvgIpc) is 2.51. The molecule has 0 atom stereocenters. The van der Waals surface area contributed by atoms with E-state index in [0.29, 0.717) is 17.0 Å². The van der Waals surface area contributed by atoms with Crippen LogP contribution in [0.25, 0.3) is 0 Å². The molecule has 0 unspecified atom stereocenters. The largest absolute Gasteiger partial charge is 0.495 e. The first kappa shape index (κ1) is 16.4. The summed E-state index contributed by atoms with van der Waals surface area (Å²) in [5.74, 6) is 0.297. The lowest BCUT2D eigenvalue weighted by molar-refractivity contribution is 0.417. The van der Waals surface area contributed by atoms with Crippen molar-refractivity contribution in [3.63, 3.8) is 0 Å². The zero-order valence-corrected chi connectivity index (χ0v) is 14.0. The van der Waals surface area contributed by atoms with Gasteiger partial charge in [-0.3, -0.25) is 5.43 Å². The van der Waals surface area contributed by atoms with Gasteiger partial charge in [0.15, 0.2) is 5.11 Å². The fraction of sp³-hybridized carbons (Fsp3) is 0.0667. The van der Waals surface area contributed by atoms with Gasteiger partial charge in [-0.25, -0.2) is 4.39 Å². The van der Waals surface area contributed by atoms with Crippen LogP contribution in [-0.2, 0) is 0 Å². The SMILES string of the molecule is COc1ccccc1NC(=S)N/N=C\c1cc(Br)ccc1F. The summed E-state index contributed by atoms with van der Waals surface area (Å²) in [5.41, 5.74) is 3.69. The average molecular weight is 382 g/mol. The molecule has 22 heavy (non-hydrogen) atoms. The minimum Gasteiger partial charge on any atom is -0.495 e. The Bertz CT molecular complexity index is 709. The number of anilines is 1. The Morgan fingerprint density at radius 2 is 2.09 bits per heavy atom. The number of halogens is 2. The molecule has 0 amide bonds. The van der Waals surface area contributed by atoms with E-state index in [1.165, 1.54) is 12.3 Å². The quantitative estimate of drug-likeness (QED) is 0.478. The van der Waals surface area contributed by atoms with Crippen LogP contribution in [0.5, 0.6) is 5.75 Å². The van der Waals surface area contributed by atoms with Crippen LogP contribution in [0.1, 0.15) is 5.56 Å². The van der Waals surface area contributed by atoms with Crippen molar-refractivity contribution >= 4 is 45.2 Å². The molecule has 0 radical (unpaired) electrons. The topological polar surface area (TPSA) is 45.6 Å². The Kier molecular flexibility index (Phi) is 5.85. The smallest absolute Gasteiger partial charge is 0.191 e. The molecule has 2 N–H and O–H groups in total. The summed E-state index contributed by atoms with van der Waals surface area (Å²) >= 11 is 8.40. The van der Waals surface area contributed by atoms with E-state index in [1.807, 2.05) is 24.3 Å². The zero-order chi connectivity index (χ0) is 15.9. The Hall–Kier alpha value is -1.99. The van der Waals surface area contributed by atoms with Crippen molar-refractivity contribution in [2.24, 2.45) is 5.10 Å². The number of benzene rings is 2. The molecule has 0 bridgehead atoms. The molecule has 0 spiro atoms. The van der Waals surface area contributed by atoms with Crippen LogP contribution in [0.3, 0.4) is 0 Å². The highest BCUT2D eigenvalue weighted by atomic mass is 79.9. The second-order valence-electron chi connectivity index (χ2n) is 4.19. The first-order valence-electron chi connectivity index (χ1n) is 6.28. The van der Waals surface area contributed by atoms with Gasteiger partial charge in [-0.05, 0) is 42.5 Å². The molecule has 2 aromatic rings. The van der Waals surface area contributed by atoms with Gasteiger partial charge in [-0.1, -0.05) is 28.1 Å². The maximum atomic E-state index is 13.5. The van der Waals surface area contributed by atoms with Gasteiger partial charge < -0.3 is 10.1 Å². The molecule has 2 aromatic carbocycles. The molecule has 0 saturated carbocycles. The van der Waals surface area contributed by atoms with Crippen molar-refractivity contribution < 1.29 is 9.13 Å². The number of hydrogen-bond acceptors (Lipinski definition) is 3. The number of nitrogens with one attached hydrogen (secondary N) is 2. The fourth-order valence-electron chi connectivity index (χ4n) is 1.67. The number of thiocarbonyl (C=S) groups is 1. The van der Waals surface area contributed by atoms with Gasteiger partial charge in [0.2, 0.25) is 0 Å². The van der Waals surface area contributed by atoms with Crippen molar-refractivity contribution in [3.8, 4) is 5.75 Å². The number of hydrazone groups is 1. The minimum absolute atomic E-state index is 0.274. The number of nitrogens with zero attached hydrogens (tertiary/aromatic N) is 1. The zero-order valence-electron chi connectivity index (χ0n) is 11.6. The number of methoxy groups -OCH3 is 1. The first-order valence-corrected chi connectivity index (χ1v) is 7.48. The minimum atomic E-state index is -0.364. The van der Waals surface area contributed by atoms with Crippen LogP contribution in [0.15, 0.2) is 52.0 Å². The highest BCUT2D eigenvalue weighted by Crippen LogP contribution is 2.22. The summed E-state index contributed by atoms with van der Waals surface area (Å²) < 4.78 is 19.5. The van der Waals surface area contributed by atoms with Crippen molar-refractivity contribution in [3.05, 3.63) is 58.3 Å². The molecular formula is C15H13BrFN3OS. The Balaban J connectivity index is 1.98. The lowest BCUT2D eigenvalue weighted by atomic mass is 10.2. The van der Waals surface area contributed by atoms with Crippen LogP contribution < -0.4 is 15.5 Å². The van der Waals surface area contributed by atoms with Crippen LogP contribution in [-0.4, -0.2) is 18.4 Å². The van der Waals surface area contributed by atoms with E-state index in [0.717, 1.165) is 4.47 Å². The Morgan fingerprint density at radius 3 is 2.86 bits per heavy atom. The highest BCUT2D eigenvalue weighted by molar-refractivity contribution is 9.10. The van der Waals surface area contributed by atoms with Gasteiger partial charge in [-0.2, -0.15) is 5.10 Å². The molecule has 0 heterocycles. The summed E-state index contributed by atoms with van der Waals surface area (Å²) in [6.45, 7) is 0. The van der Waals surface area contributed by atoms with Gasteiger partial charge in [0.05, 0.1) is 19.0 Å². The molecule has 114 valence electrons. The number of hydrogen-bond donors (Lipinski definition) is 2. The molecular weight excluding hydrogens is 369 g/mol. The molecule has 0 saturated heterocycles. The second kappa shape index (κ2) is 7.86. The maximum Gasteiger partial charge on any atom is 0.191 e. The van der Waals surface area contributed by atoms with E-state index in [4.69, 9.17) is 17.0 Å². The summed E-state index contributed by atoms with van der Waals surface area (Å²) in [6.07, 6.45) is 1.36. The molecule has 0 aliphatic rings. The lowest BCUT2D eigenvalue weighted by Crippen LogP contribution is -2.24. The van der Waals surface area contributed by atoms with Crippen molar-refractivity contribution in [2.75, 3.05) is 12.4 Å². The van der Waals surface area contributed by atoms with E-state index >= 15 is 0 Å². The summed E-state index contributed by atoms with van der Waals surface area (Å²) in [5, 5.41) is 7.14. The molecule has 4 nitrogen and oxygen atoms in total. The Morgan fingerprint density at radius 1 is 1.32 bits per heavy atom. The normalized spacial score (nSPS) is 10.5. The first-order chi connectivity index (χ1) is 10.6. The van der Waals surface area contributed by atoms with Crippen LogP contribution >= 0.6 is 28.1 Å². The van der Waals surface area contributed by atoms with Gasteiger partial charge in [0.1, 0.15) is 11.6 Å². The van der Waals surface area contributed by atoms with Crippen molar-refractivity contribution in [2.45, 2.75) is 0 Å². The third-order valence-corrected chi connectivity index (χ3v) is 3.37. The van der Waals surface area contributed by atoms with Gasteiger partial charge in [0, 0.05) is 10.0 Å². The van der Waals surface area contributed by atoms with Crippen LogP contribution in [0.2, 0.25) is 0 Å². The van der Waals surface area contributed by atoms with E-state index in [-0.39, 0.29) is 10.9 Å². The Labute approximate surface area is 141 Å². The molecule has 0 aliphatic heterocycles. The highest BCUT2D eigenvalue weighted by Gasteiger charge is 2.03. The molecule has 0 aromatic heterocycles. The van der Waals surface area contributed by atoms with E-state index < -0.39 is 0 Å².